The number of hydrogen-bond acceptors (Lipinski definition) is 5. The first-order chi connectivity index (χ1) is 17.1. The Morgan fingerprint density at radius 3 is 1.94 bits per heavy atom. The predicted octanol–water partition coefficient (Wildman–Crippen LogP) is 5.91. The Hall–Kier alpha value is -4.65. The molecule has 5 rings (SSSR count). The molecule has 0 radical (unpaired) electrons. The van der Waals surface area contributed by atoms with Crippen LogP contribution in [0.25, 0.3) is 0 Å². The number of hydrogen-bond donors (Lipinski definition) is 2. The van der Waals surface area contributed by atoms with Crippen LogP contribution in [-0.2, 0) is 17.9 Å². The summed E-state index contributed by atoms with van der Waals surface area (Å²) in [7, 11) is 0. The van der Waals surface area contributed by atoms with Crippen molar-refractivity contribution in [2.75, 3.05) is 15.5 Å². The molecule has 0 aliphatic carbocycles. The van der Waals surface area contributed by atoms with E-state index in [9.17, 15) is 14.9 Å². The van der Waals surface area contributed by atoms with Gasteiger partial charge in [0.2, 0.25) is 0 Å². The maximum Gasteiger partial charge on any atom is 0.271 e. The number of fused-ring (bicyclic) bond motifs is 1. The van der Waals surface area contributed by atoms with E-state index in [2.05, 4.69) is 39.8 Å². The third-order valence-corrected chi connectivity index (χ3v) is 6.06. The Labute approximate surface area is 203 Å². The van der Waals surface area contributed by atoms with Crippen LogP contribution >= 0.6 is 0 Å². The lowest BCUT2D eigenvalue weighted by molar-refractivity contribution is -0.384. The number of nitro benzene ring substituents is 1. The van der Waals surface area contributed by atoms with Gasteiger partial charge in [0.15, 0.2) is 0 Å². The van der Waals surface area contributed by atoms with Crippen molar-refractivity contribution in [2.24, 2.45) is 0 Å². The Kier molecular flexibility index (Phi) is 6.13. The van der Waals surface area contributed by atoms with E-state index in [0.29, 0.717) is 11.4 Å². The second kappa shape index (κ2) is 9.69. The lowest BCUT2D eigenvalue weighted by atomic mass is 10.0. The lowest BCUT2D eigenvalue weighted by Crippen LogP contribution is -2.32. The van der Waals surface area contributed by atoms with E-state index in [0.717, 1.165) is 24.3 Å². The molecule has 0 fully saturated rings. The molecule has 0 spiro atoms. The van der Waals surface area contributed by atoms with Crippen molar-refractivity contribution in [1.82, 2.24) is 0 Å². The second-order valence-corrected chi connectivity index (χ2v) is 8.47. The van der Waals surface area contributed by atoms with Crippen molar-refractivity contribution in [3.8, 4) is 0 Å². The highest BCUT2D eigenvalue weighted by atomic mass is 16.6. The molecule has 1 atom stereocenters. The van der Waals surface area contributed by atoms with Crippen LogP contribution in [0.1, 0.15) is 22.7 Å². The standard InChI is InChI=1S/C28H24N4O3/c33-28-27(29-26-17-24(32(34)35)15-16-25(26)30-28)22-11-13-23(14-12-22)31(18-20-7-3-1-4-8-20)19-21-9-5-2-6-10-21/h1-17,27,29H,18-19H2,(H,30,33). The molecule has 0 aromatic heterocycles. The van der Waals surface area contributed by atoms with E-state index >= 15 is 0 Å². The van der Waals surface area contributed by atoms with Crippen molar-refractivity contribution >= 4 is 28.7 Å². The number of anilines is 3. The van der Waals surface area contributed by atoms with E-state index < -0.39 is 11.0 Å². The highest BCUT2D eigenvalue weighted by Crippen LogP contribution is 2.35. The minimum atomic E-state index is -0.643. The van der Waals surface area contributed by atoms with E-state index in [1.807, 2.05) is 60.7 Å². The van der Waals surface area contributed by atoms with Gasteiger partial charge in [0.1, 0.15) is 6.04 Å². The Balaban J connectivity index is 1.40. The molecule has 7 nitrogen and oxygen atoms in total. The number of nitro groups is 1. The van der Waals surface area contributed by atoms with E-state index in [1.165, 1.54) is 23.3 Å². The smallest absolute Gasteiger partial charge is 0.271 e. The number of rotatable bonds is 7. The average molecular weight is 465 g/mol. The largest absolute Gasteiger partial charge is 0.368 e. The number of carbonyl (C=O) groups is 1. The quantitative estimate of drug-likeness (QED) is 0.262. The zero-order valence-electron chi connectivity index (χ0n) is 18.9. The Bertz CT molecular complexity index is 1300. The molecule has 1 amide bonds. The molecule has 174 valence electrons. The van der Waals surface area contributed by atoms with Crippen LogP contribution in [0.15, 0.2) is 103 Å². The van der Waals surface area contributed by atoms with Gasteiger partial charge in [-0.3, -0.25) is 14.9 Å². The van der Waals surface area contributed by atoms with E-state index in [-0.39, 0.29) is 11.6 Å². The number of non-ortho nitro benzene ring substituents is 1. The molecule has 2 N–H and O–H groups in total. The second-order valence-electron chi connectivity index (χ2n) is 8.47. The molecule has 1 heterocycles. The summed E-state index contributed by atoms with van der Waals surface area (Å²) in [5, 5.41) is 17.2. The highest BCUT2D eigenvalue weighted by Gasteiger charge is 2.28. The lowest BCUT2D eigenvalue weighted by Gasteiger charge is -2.28. The molecular formula is C28H24N4O3. The van der Waals surface area contributed by atoms with E-state index in [4.69, 9.17) is 0 Å². The first-order valence-corrected chi connectivity index (χ1v) is 11.4. The molecule has 1 aliphatic heterocycles. The Morgan fingerprint density at radius 2 is 1.37 bits per heavy atom. The number of carbonyl (C=O) groups excluding carboxylic acids is 1. The van der Waals surface area contributed by atoms with E-state index in [1.54, 1.807) is 6.07 Å². The summed E-state index contributed by atoms with van der Waals surface area (Å²) in [4.78, 5) is 25.8. The summed E-state index contributed by atoms with van der Waals surface area (Å²) in [5.41, 5.74) is 5.27. The average Bonchev–Trinajstić information content (AvgIpc) is 2.89. The van der Waals surface area contributed by atoms with Gasteiger partial charge in [-0.2, -0.15) is 0 Å². The normalized spacial score (nSPS) is 14.4. The first-order valence-electron chi connectivity index (χ1n) is 11.4. The van der Waals surface area contributed by atoms with Gasteiger partial charge in [0.25, 0.3) is 11.6 Å². The zero-order valence-corrected chi connectivity index (χ0v) is 18.9. The molecule has 4 aromatic rings. The fourth-order valence-corrected chi connectivity index (χ4v) is 4.26. The SMILES string of the molecule is O=C1Nc2ccc([N+](=O)[O-])cc2NC1c1ccc(N(Cc2ccccc2)Cc2ccccc2)cc1. The summed E-state index contributed by atoms with van der Waals surface area (Å²) in [6.45, 7) is 1.49. The molecule has 0 saturated heterocycles. The van der Waals surface area contributed by atoms with Crippen LogP contribution in [0, 0.1) is 10.1 Å². The molecule has 0 saturated carbocycles. The number of amides is 1. The van der Waals surface area contributed by atoms with Crippen molar-refractivity contribution in [2.45, 2.75) is 19.1 Å². The summed E-state index contributed by atoms with van der Waals surface area (Å²) >= 11 is 0. The van der Waals surface area contributed by atoms with Crippen LogP contribution < -0.4 is 15.5 Å². The molecule has 1 aliphatic rings. The van der Waals surface area contributed by atoms with Crippen LogP contribution in [0.5, 0.6) is 0 Å². The third kappa shape index (κ3) is 4.99. The van der Waals surface area contributed by atoms with Crippen LogP contribution in [-0.4, -0.2) is 10.8 Å². The van der Waals surface area contributed by atoms with Gasteiger partial charge in [0, 0.05) is 30.9 Å². The highest BCUT2D eigenvalue weighted by molar-refractivity contribution is 6.03. The van der Waals surface area contributed by atoms with Crippen molar-refractivity contribution in [3.63, 3.8) is 0 Å². The van der Waals surface area contributed by atoms with Gasteiger partial charge in [0.05, 0.1) is 16.3 Å². The molecule has 0 bridgehead atoms. The number of benzene rings is 4. The summed E-state index contributed by atoms with van der Waals surface area (Å²) in [6, 6.07) is 32.2. The molecular weight excluding hydrogens is 440 g/mol. The van der Waals surface area contributed by atoms with Crippen molar-refractivity contribution in [1.29, 1.82) is 0 Å². The van der Waals surface area contributed by atoms with Gasteiger partial charge in [-0.05, 0) is 34.9 Å². The first kappa shape index (κ1) is 22.2. The van der Waals surface area contributed by atoms with Crippen LogP contribution in [0.2, 0.25) is 0 Å². The minimum Gasteiger partial charge on any atom is -0.368 e. The fourth-order valence-electron chi connectivity index (χ4n) is 4.26. The summed E-state index contributed by atoms with van der Waals surface area (Å²) in [5.74, 6) is -0.204. The maximum absolute atomic E-state index is 12.8. The molecule has 4 aromatic carbocycles. The van der Waals surface area contributed by atoms with Gasteiger partial charge in [-0.1, -0.05) is 72.8 Å². The summed E-state index contributed by atoms with van der Waals surface area (Å²) in [6.07, 6.45) is 0. The van der Waals surface area contributed by atoms with Gasteiger partial charge in [-0.25, -0.2) is 0 Å². The van der Waals surface area contributed by atoms with Gasteiger partial charge < -0.3 is 15.5 Å². The zero-order chi connectivity index (χ0) is 24.2. The molecule has 35 heavy (non-hydrogen) atoms. The summed E-state index contributed by atoms with van der Waals surface area (Å²) < 4.78 is 0. The predicted molar refractivity (Wildman–Crippen MR) is 137 cm³/mol. The van der Waals surface area contributed by atoms with Crippen LogP contribution in [0.4, 0.5) is 22.7 Å². The number of nitrogens with one attached hydrogen (secondary N) is 2. The Morgan fingerprint density at radius 1 is 0.771 bits per heavy atom. The van der Waals surface area contributed by atoms with Crippen molar-refractivity contribution in [3.05, 3.63) is 130 Å². The van der Waals surface area contributed by atoms with Gasteiger partial charge >= 0.3 is 0 Å². The van der Waals surface area contributed by atoms with Crippen LogP contribution in [0.3, 0.4) is 0 Å². The minimum absolute atomic E-state index is 0.0287. The molecule has 1 unspecified atom stereocenters. The number of nitrogens with zero attached hydrogens (tertiary/aromatic N) is 2. The van der Waals surface area contributed by atoms with Gasteiger partial charge in [-0.15, -0.1) is 0 Å². The van der Waals surface area contributed by atoms with Crippen molar-refractivity contribution < 1.29 is 9.72 Å². The fraction of sp³-hybridized carbons (Fsp3) is 0.107. The topological polar surface area (TPSA) is 87.5 Å². The monoisotopic (exact) mass is 464 g/mol. The third-order valence-electron chi connectivity index (χ3n) is 6.06. The maximum atomic E-state index is 12.8. The molecule has 7 heteroatoms.